The lowest BCUT2D eigenvalue weighted by Gasteiger charge is -2.26. The maximum atomic E-state index is 12.4. The average molecular weight is 421 g/mol. The van der Waals surface area contributed by atoms with E-state index in [0.717, 1.165) is 43.9 Å². The quantitative estimate of drug-likeness (QED) is 0.337. The van der Waals surface area contributed by atoms with Crippen LogP contribution in [0.1, 0.15) is 100 Å². The van der Waals surface area contributed by atoms with Gasteiger partial charge in [-0.05, 0) is 93.4 Å². The molecule has 31 heavy (non-hydrogen) atoms. The summed E-state index contributed by atoms with van der Waals surface area (Å²) in [5.74, 6) is 8.69. The van der Waals surface area contributed by atoms with Crippen molar-refractivity contribution in [3.05, 3.63) is 47.5 Å². The molecule has 3 rings (SSSR count). The molecule has 2 fully saturated rings. The Bertz CT molecular complexity index is 748. The van der Waals surface area contributed by atoms with Crippen LogP contribution in [0, 0.1) is 29.6 Å². The molecule has 0 heterocycles. The van der Waals surface area contributed by atoms with Gasteiger partial charge in [-0.15, -0.1) is 0 Å². The maximum Gasteiger partial charge on any atom is 0.338 e. The molecule has 0 unspecified atom stereocenters. The average Bonchev–Trinajstić information content (AvgIpc) is 2.82. The van der Waals surface area contributed by atoms with Crippen LogP contribution >= 0.6 is 0 Å². The zero-order chi connectivity index (χ0) is 21.9. The van der Waals surface area contributed by atoms with Crippen LogP contribution in [-0.4, -0.2) is 12.1 Å². The van der Waals surface area contributed by atoms with Crippen LogP contribution in [0.4, 0.5) is 0 Å². The van der Waals surface area contributed by atoms with Crippen LogP contribution in [0.15, 0.2) is 36.4 Å². The second kappa shape index (κ2) is 12.7. The summed E-state index contributed by atoms with van der Waals surface area (Å²) in [5, 5.41) is 0. The molecule has 1 aromatic rings. The summed E-state index contributed by atoms with van der Waals surface area (Å²) < 4.78 is 5.74. The Morgan fingerprint density at radius 2 is 1.71 bits per heavy atom. The van der Waals surface area contributed by atoms with E-state index in [2.05, 4.69) is 37.8 Å². The fourth-order valence-corrected chi connectivity index (χ4v) is 4.93. The molecular weight excluding hydrogens is 380 g/mol. The molecule has 0 atom stereocenters. The highest BCUT2D eigenvalue weighted by Crippen LogP contribution is 2.32. The first-order chi connectivity index (χ1) is 15.2. The molecule has 0 aromatic heterocycles. The number of carbonyl (C=O) groups excluding carboxylic acids is 1. The van der Waals surface area contributed by atoms with Gasteiger partial charge < -0.3 is 4.74 Å². The number of ether oxygens (including phenoxy) is 1. The van der Waals surface area contributed by atoms with E-state index in [1.807, 2.05) is 24.3 Å². The fraction of sp³-hybridized carbons (Fsp3) is 0.621. The summed E-state index contributed by atoms with van der Waals surface area (Å²) in [6, 6.07) is 7.77. The molecule has 2 nitrogen and oxygen atoms in total. The minimum absolute atomic E-state index is 0.0369. The van der Waals surface area contributed by atoms with Crippen LogP contribution in [0.25, 0.3) is 0 Å². The van der Waals surface area contributed by atoms with Crippen LogP contribution < -0.4 is 0 Å². The second-order valence-electron chi connectivity index (χ2n) is 9.50. The van der Waals surface area contributed by atoms with Gasteiger partial charge in [0.05, 0.1) is 5.56 Å². The van der Waals surface area contributed by atoms with Crippen LogP contribution in [0.5, 0.6) is 0 Å². The largest absolute Gasteiger partial charge is 0.459 e. The van der Waals surface area contributed by atoms with E-state index in [1.165, 1.54) is 50.5 Å². The van der Waals surface area contributed by atoms with Crippen LogP contribution in [0.3, 0.4) is 0 Å². The van der Waals surface area contributed by atoms with Crippen molar-refractivity contribution in [1.29, 1.82) is 0 Å². The van der Waals surface area contributed by atoms with Crippen LogP contribution in [0.2, 0.25) is 0 Å². The number of aryl methyl sites for hydroxylation is 1. The molecule has 2 aliphatic rings. The minimum Gasteiger partial charge on any atom is -0.459 e. The molecule has 2 heteroatoms. The van der Waals surface area contributed by atoms with Crippen molar-refractivity contribution in [3.8, 4) is 11.8 Å². The number of rotatable bonds is 7. The van der Waals surface area contributed by atoms with Gasteiger partial charge in [0, 0.05) is 5.92 Å². The Morgan fingerprint density at radius 1 is 1.00 bits per heavy atom. The van der Waals surface area contributed by atoms with Gasteiger partial charge in [-0.3, -0.25) is 0 Å². The first-order valence-electron chi connectivity index (χ1n) is 12.7. The highest BCUT2D eigenvalue weighted by atomic mass is 16.5. The molecule has 0 spiro atoms. The van der Waals surface area contributed by atoms with Crippen molar-refractivity contribution in [2.24, 2.45) is 17.8 Å². The fourth-order valence-electron chi connectivity index (χ4n) is 4.93. The standard InChI is InChI=1S/C29H40O2/c1-3-5-8-24-11-13-25(14-12-24)9-6-7-10-26-17-21-28(22-18-26)31-29(30)27-19-15-23(4-2)16-20-27/h6,9,15-16,19-20,24-26,28H,3-5,8,11-14,17-18,21-22H2,1-2H3/b9-6+/t24-,25-,26-,28-. The van der Waals surface area contributed by atoms with E-state index in [0.29, 0.717) is 11.5 Å². The van der Waals surface area contributed by atoms with Crippen molar-refractivity contribution in [2.75, 3.05) is 0 Å². The summed E-state index contributed by atoms with van der Waals surface area (Å²) in [6.45, 7) is 4.41. The van der Waals surface area contributed by atoms with Gasteiger partial charge in [-0.25, -0.2) is 4.79 Å². The molecular formula is C29H40O2. The van der Waals surface area contributed by atoms with E-state index in [4.69, 9.17) is 4.74 Å². The third-order valence-electron chi connectivity index (χ3n) is 7.14. The molecule has 0 bridgehead atoms. The van der Waals surface area contributed by atoms with Crippen molar-refractivity contribution >= 4 is 5.97 Å². The number of benzene rings is 1. The van der Waals surface area contributed by atoms with Gasteiger partial charge in [-0.1, -0.05) is 63.2 Å². The third-order valence-corrected chi connectivity index (χ3v) is 7.14. The second-order valence-corrected chi connectivity index (χ2v) is 9.50. The molecule has 168 valence electrons. The van der Waals surface area contributed by atoms with E-state index < -0.39 is 0 Å². The number of unbranched alkanes of at least 4 members (excludes halogenated alkanes) is 1. The van der Waals surface area contributed by atoms with Crippen molar-refractivity contribution < 1.29 is 9.53 Å². The Morgan fingerprint density at radius 3 is 2.35 bits per heavy atom. The van der Waals surface area contributed by atoms with Crippen molar-refractivity contribution in [3.63, 3.8) is 0 Å². The highest BCUT2D eigenvalue weighted by Gasteiger charge is 2.23. The lowest BCUT2D eigenvalue weighted by Crippen LogP contribution is -2.24. The summed E-state index contributed by atoms with van der Waals surface area (Å²) in [4.78, 5) is 12.4. The zero-order valence-corrected chi connectivity index (χ0v) is 19.6. The van der Waals surface area contributed by atoms with Gasteiger partial charge in [0.2, 0.25) is 0 Å². The molecule has 0 saturated heterocycles. The molecule has 1 aromatic carbocycles. The SMILES string of the molecule is CCCC[C@H]1CC[C@H](/C=C/C#C[C@H]2CC[C@H](OC(=O)c3ccc(CC)cc3)CC2)CC1. The Labute approximate surface area is 189 Å². The summed E-state index contributed by atoms with van der Waals surface area (Å²) in [7, 11) is 0. The first-order valence-corrected chi connectivity index (χ1v) is 12.7. The van der Waals surface area contributed by atoms with E-state index >= 15 is 0 Å². The van der Waals surface area contributed by atoms with Crippen LogP contribution in [-0.2, 0) is 11.2 Å². The number of carbonyl (C=O) groups is 1. The lowest BCUT2D eigenvalue weighted by atomic mass is 9.80. The lowest BCUT2D eigenvalue weighted by molar-refractivity contribution is 0.0188. The Balaban J connectivity index is 1.34. The van der Waals surface area contributed by atoms with E-state index in [-0.39, 0.29) is 12.1 Å². The molecule has 0 amide bonds. The summed E-state index contributed by atoms with van der Waals surface area (Å²) in [5.41, 5.74) is 1.90. The summed E-state index contributed by atoms with van der Waals surface area (Å²) >= 11 is 0. The zero-order valence-electron chi connectivity index (χ0n) is 19.6. The maximum absolute atomic E-state index is 12.4. The predicted octanol–water partition coefficient (Wildman–Crippen LogP) is 7.52. The van der Waals surface area contributed by atoms with E-state index in [1.54, 1.807) is 0 Å². The first kappa shape index (κ1) is 23.6. The normalized spacial score (nSPS) is 26.3. The third kappa shape index (κ3) is 7.88. The Kier molecular flexibility index (Phi) is 9.73. The minimum atomic E-state index is -0.190. The Hall–Kier alpha value is -2.01. The van der Waals surface area contributed by atoms with Gasteiger partial charge in [-0.2, -0.15) is 0 Å². The van der Waals surface area contributed by atoms with Gasteiger partial charge in [0.25, 0.3) is 0 Å². The smallest absolute Gasteiger partial charge is 0.338 e. The number of allylic oxidation sites excluding steroid dienone is 2. The topological polar surface area (TPSA) is 26.3 Å². The highest BCUT2D eigenvalue weighted by molar-refractivity contribution is 5.89. The number of esters is 1. The van der Waals surface area contributed by atoms with Crippen molar-refractivity contribution in [1.82, 2.24) is 0 Å². The van der Waals surface area contributed by atoms with Gasteiger partial charge in [0.1, 0.15) is 6.10 Å². The predicted molar refractivity (Wildman–Crippen MR) is 129 cm³/mol. The molecule has 2 saturated carbocycles. The molecule has 0 radical (unpaired) electrons. The van der Waals surface area contributed by atoms with E-state index in [9.17, 15) is 4.79 Å². The molecule has 0 aliphatic heterocycles. The summed E-state index contributed by atoms with van der Waals surface area (Å²) in [6.07, 6.45) is 19.0. The number of hydrogen-bond donors (Lipinski definition) is 0. The van der Waals surface area contributed by atoms with Gasteiger partial charge >= 0.3 is 5.97 Å². The number of hydrogen-bond acceptors (Lipinski definition) is 2. The molecule has 0 N–H and O–H groups in total. The monoisotopic (exact) mass is 420 g/mol. The molecule has 2 aliphatic carbocycles. The van der Waals surface area contributed by atoms with Crippen molar-refractivity contribution in [2.45, 2.75) is 97.0 Å². The van der Waals surface area contributed by atoms with Gasteiger partial charge in [0.15, 0.2) is 0 Å².